The van der Waals surface area contributed by atoms with Crippen LogP contribution >= 0.6 is 22.6 Å². The predicted octanol–water partition coefficient (Wildman–Crippen LogP) is 0.550. The highest BCUT2D eigenvalue weighted by molar-refractivity contribution is 14.1. The predicted molar refractivity (Wildman–Crippen MR) is 47.3 cm³/mol. The molecule has 0 saturated heterocycles. The third-order valence-corrected chi connectivity index (χ3v) is 2.29. The fourth-order valence-corrected chi connectivity index (χ4v) is 0.938. The summed E-state index contributed by atoms with van der Waals surface area (Å²) >= 11 is 2.32. The molecule has 0 amide bonds. The van der Waals surface area contributed by atoms with Gasteiger partial charge < -0.3 is 0 Å². The van der Waals surface area contributed by atoms with Crippen LogP contribution in [0.5, 0.6) is 0 Å². The Balaban J connectivity index is 3.13. The first-order valence-electron chi connectivity index (χ1n) is 2.52. The van der Waals surface area contributed by atoms with Gasteiger partial charge in [-0.2, -0.15) is 0 Å². The van der Waals surface area contributed by atoms with E-state index in [2.05, 4.69) is 54.7 Å². The molecular weight excluding hydrogens is 210 g/mol. The molecule has 1 aromatic rings. The summed E-state index contributed by atoms with van der Waals surface area (Å²) in [7, 11) is 2.11. The van der Waals surface area contributed by atoms with Crippen molar-refractivity contribution < 1.29 is 0 Å². The highest BCUT2D eigenvalue weighted by Gasteiger charge is 1.85. The number of rotatable bonds is 0. The number of halogens is 1. The van der Waals surface area contributed by atoms with Crippen molar-refractivity contribution >= 4 is 35.9 Å². The third-order valence-electron chi connectivity index (χ3n) is 1.08. The van der Waals surface area contributed by atoms with E-state index in [1.165, 1.54) is 9.03 Å². The van der Waals surface area contributed by atoms with Crippen LogP contribution in [0.1, 0.15) is 0 Å². The number of hydrogen-bond donors (Lipinski definition) is 0. The Morgan fingerprint density at radius 2 is 1.88 bits per heavy atom. The highest BCUT2D eigenvalue weighted by atomic mass is 127. The molecule has 0 aliphatic heterocycles. The summed E-state index contributed by atoms with van der Waals surface area (Å²) in [5.74, 6) is 0. The minimum absolute atomic E-state index is 1.34. The second-order valence-corrected chi connectivity index (χ2v) is 2.91. The van der Waals surface area contributed by atoms with Crippen molar-refractivity contribution in [1.82, 2.24) is 0 Å². The summed E-state index contributed by atoms with van der Waals surface area (Å²) in [4.78, 5) is 0. The Bertz CT molecular complexity index is 165. The van der Waals surface area contributed by atoms with Gasteiger partial charge in [0.25, 0.3) is 0 Å². The van der Waals surface area contributed by atoms with E-state index in [1.54, 1.807) is 0 Å². The average molecular weight is 216 g/mol. The lowest BCUT2D eigenvalue weighted by molar-refractivity contribution is 1.71. The first kappa shape index (κ1) is 6.14. The molecule has 1 aromatic carbocycles. The van der Waals surface area contributed by atoms with Crippen LogP contribution in [0.2, 0.25) is 0 Å². The van der Waals surface area contributed by atoms with Crippen molar-refractivity contribution in [3.8, 4) is 0 Å². The smallest absolute Gasteiger partial charge is 0.0759 e. The third kappa shape index (κ3) is 1.25. The van der Waals surface area contributed by atoms with Gasteiger partial charge in [0.05, 0.1) is 0 Å². The minimum Gasteiger partial charge on any atom is -0.0759 e. The molecule has 1 rings (SSSR count). The van der Waals surface area contributed by atoms with Crippen molar-refractivity contribution in [3.05, 3.63) is 27.8 Å². The molecule has 0 aliphatic rings. The fraction of sp³-hybridized carbons (Fsp3) is 0. The van der Waals surface area contributed by atoms with Crippen molar-refractivity contribution in [2.24, 2.45) is 0 Å². The van der Waals surface area contributed by atoms with Crippen molar-refractivity contribution in [3.63, 3.8) is 0 Å². The zero-order valence-corrected chi connectivity index (χ0v) is 6.84. The molecule has 8 heavy (non-hydrogen) atoms. The first-order chi connectivity index (χ1) is 3.80. The Hall–Kier alpha value is 0.0149. The van der Waals surface area contributed by atoms with E-state index >= 15 is 0 Å². The molecule has 0 fully saturated rings. The molecular formula is C6H6BI. The van der Waals surface area contributed by atoms with Gasteiger partial charge >= 0.3 is 0 Å². The van der Waals surface area contributed by atoms with Gasteiger partial charge in [-0.05, 0) is 28.7 Å². The van der Waals surface area contributed by atoms with E-state index in [0.717, 1.165) is 0 Å². The maximum atomic E-state index is 2.32. The van der Waals surface area contributed by atoms with E-state index in [4.69, 9.17) is 0 Å². The molecule has 40 valence electrons. The molecule has 2 heteroatoms. The normalized spacial score (nSPS) is 9.12. The number of benzene rings is 1. The molecule has 0 radical (unpaired) electrons. The molecule has 0 aromatic heterocycles. The maximum absolute atomic E-state index is 2.32. The Kier molecular flexibility index (Phi) is 1.94. The van der Waals surface area contributed by atoms with Crippen LogP contribution in [0.3, 0.4) is 0 Å². The zero-order valence-electron chi connectivity index (χ0n) is 4.69. The van der Waals surface area contributed by atoms with Crippen molar-refractivity contribution in [1.29, 1.82) is 0 Å². The lowest BCUT2D eigenvalue weighted by Gasteiger charge is -1.91. The van der Waals surface area contributed by atoms with Gasteiger partial charge in [0.1, 0.15) is 7.85 Å². The van der Waals surface area contributed by atoms with Gasteiger partial charge in [0.15, 0.2) is 0 Å². The largest absolute Gasteiger partial charge is 0.140 e. The Morgan fingerprint density at radius 1 is 1.25 bits per heavy atom. The van der Waals surface area contributed by atoms with Gasteiger partial charge in [-0.15, -0.1) is 0 Å². The standard InChI is InChI=1S/C6H6BI/c7-5-3-1-2-4-6(5)8/h1-4H,7H2. The van der Waals surface area contributed by atoms with E-state index < -0.39 is 0 Å². The molecule has 0 heterocycles. The van der Waals surface area contributed by atoms with Crippen LogP contribution in [0.4, 0.5) is 0 Å². The van der Waals surface area contributed by atoms with Crippen LogP contribution < -0.4 is 5.46 Å². The Morgan fingerprint density at radius 3 is 2.25 bits per heavy atom. The van der Waals surface area contributed by atoms with E-state index in [0.29, 0.717) is 0 Å². The van der Waals surface area contributed by atoms with Crippen LogP contribution in [-0.2, 0) is 0 Å². The second kappa shape index (κ2) is 2.53. The SMILES string of the molecule is Bc1ccccc1I. The van der Waals surface area contributed by atoms with E-state index in [-0.39, 0.29) is 0 Å². The molecule has 0 nitrogen and oxygen atoms in total. The monoisotopic (exact) mass is 216 g/mol. The molecule has 0 saturated carbocycles. The molecule has 0 unspecified atom stereocenters. The molecule has 0 aliphatic carbocycles. The van der Waals surface area contributed by atoms with Gasteiger partial charge in [-0.25, -0.2) is 0 Å². The molecule has 0 atom stereocenters. The maximum Gasteiger partial charge on any atom is 0.140 e. The van der Waals surface area contributed by atoms with Gasteiger partial charge in [-0.1, -0.05) is 23.7 Å². The molecule has 0 spiro atoms. The zero-order chi connectivity index (χ0) is 5.98. The second-order valence-electron chi connectivity index (χ2n) is 1.75. The van der Waals surface area contributed by atoms with Crippen molar-refractivity contribution in [2.75, 3.05) is 0 Å². The first-order valence-corrected chi connectivity index (χ1v) is 3.60. The van der Waals surface area contributed by atoms with Crippen LogP contribution in [-0.4, -0.2) is 7.85 Å². The summed E-state index contributed by atoms with van der Waals surface area (Å²) in [6.07, 6.45) is 0. The summed E-state index contributed by atoms with van der Waals surface area (Å²) in [5.41, 5.74) is 1.35. The lowest BCUT2D eigenvalue weighted by Crippen LogP contribution is -2.04. The summed E-state index contributed by atoms with van der Waals surface area (Å²) in [6, 6.07) is 8.32. The lowest BCUT2D eigenvalue weighted by atomic mass is 9.97. The van der Waals surface area contributed by atoms with Gasteiger partial charge in [0.2, 0.25) is 0 Å². The van der Waals surface area contributed by atoms with Gasteiger partial charge in [0, 0.05) is 3.57 Å². The van der Waals surface area contributed by atoms with Crippen LogP contribution in [0, 0.1) is 3.57 Å². The van der Waals surface area contributed by atoms with E-state index in [1.807, 2.05) is 0 Å². The van der Waals surface area contributed by atoms with Crippen LogP contribution in [0.15, 0.2) is 24.3 Å². The summed E-state index contributed by atoms with van der Waals surface area (Å²) < 4.78 is 1.34. The average Bonchev–Trinajstić information content (AvgIpc) is 1.77. The quantitative estimate of drug-likeness (QED) is 0.438. The number of hydrogen-bond acceptors (Lipinski definition) is 0. The van der Waals surface area contributed by atoms with Gasteiger partial charge in [-0.3, -0.25) is 0 Å². The highest BCUT2D eigenvalue weighted by Crippen LogP contribution is 1.96. The summed E-state index contributed by atoms with van der Waals surface area (Å²) in [5, 5.41) is 0. The van der Waals surface area contributed by atoms with Crippen molar-refractivity contribution in [2.45, 2.75) is 0 Å². The topological polar surface area (TPSA) is 0 Å². The van der Waals surface area contributed by atoms with E-state index in [9.17, 15) is 0 Å². The molecule has 0 N–H and O–H groups in total. The fourth-order valence-electron chi connectivity index (χ4n) is 0.551. The summed E-state index contributed by atoms with van der Waals surface area (Å²) in [6.45, 7) is 0. The minimum atomic E-state index is 1.34. The molecule has 0 bridgehead atoms. The Labute approximate surface area is 63.8 Å². The van der Waals surface area contributed by atoms with Crippen LogP contribution in [0.25, 0.3) is 0 Å².